The van der Waals surface area contributed by atoms with Crippen molar-refractivity contribution in [2.24, 2.45) is 0 Å². The fourth-order valence-electron chi connectivity index (χ4n) is 1.96. The Morgan fingerprint density at radius 1 is 1.24 bits per heavy atom. The maximum atomic E-state index is 13.1. The minimum absolute atomic E-state index is 0.0900. The van der Waals surface area contributed by atoms with E-state index in [1.165, 1.54) is 6.07 Å². The van der Waals surface area contributed by atoms with Gasteiger partial charge in [0.2, 0.25) is 0 Å². The van der Waals surface area contributed by atoms with Crippen LogP contribution < -0.4 is 10.1 Å². The molecule has 3 nitrogen and oxygen atoms in total. The van der Waals surface area contributed by atoms with E-state index in [1.54, 1.807) is 12.1 Å². The quantitative estimate of drug-likeness (QED) is 0.848. The van der Waals surface area contributed by atoms with E-state index in [9.17, 15) is 9.50 Å². The lowest BCUT2D eigenvalue weighted by Gasteiger charge is -2.12. The number of benzene rings is 2. The molecule has 0 aromatic heterocycles. The molecule has 0 aliphatic rings. The molecule has 2 N–H and O–H groups in total. The lowest BCUT2D eigenvalue weighted by Crippen LogP contribution is -2.02. The zero-order chi connectivity index (χ0) is 15.2. The van der Waals surface area contributed by atoms with E-state index in [1.807, 2.05) is 25.1 Å². The summed E-state index contributed by atoms with van der Waals surface area (Å²) in [6, 6.07) is 10.1. The highest BCUT2D eigenvalue weighted by Gasteiger charge is 2.05. The van der Waals surface area contributed by atoms with Crippen LogP contribution in [0.25, 0.3) is 0 Å². The molecule has 0 aliphatic heterocycles. The first kappa shape index (κ1) is 15.6. The summed E-state index contributed by atoms with van der Waals surface area (Å²) >= 11 is 5.75. The SMILES string of the molecule is CCOc1ccc(NCc2ccc(F)c(Cl)c2)cc1CO. The van der Waals surface area contributed by atoms with Crippen molar-refractivity contribution in [1.29, 1.82) is 0 Å². The van der Waals surface area contributed by atoms with Crippen LogP contribution >= 0.6 is 11.6 Å². The Hall–Kier alpha value is -1.78. The minimum Gasteiger partial charge on any atom is -0.494 e. The van der Waals surface area contributed by atoms with E-state index < -0.39 is 5.82 Å². The Balaban J connectivity index is 2.07. The third-order valence-corrected chi connectivity index (χ3v) is 3.30. The molecule has 2 rings (SSSR count). The Bertz CT molecular complexity index is 619. The molecule has 0 unspecified atom stereocenters. The number of aliphatic hydroxyl groups excluding tert-OH is 1. The van der Waals surface area contributed by atoms with Gasteiger partial charge in [0.15, 0.2) is 0 Å². The molecule has 0 radical (unpaired) electrons. The first-order valence-corrected chi connectivity index (χ1v) is 7.06. The summed E-state index contributed by atoms with van der Waals surface area (Å²) < 4.78 is 18.5. The smallest absolute Gasteiger partial charge is 0.141 e. The van der Waals surface area contributed by atoms with Crippen molar-refractivity contribution < 1.29 is 14.2 Å². The summed E-state index contributed by atoms with van der Waals surface area (Å²) in [7, 11) is 0. The summed E-state index contributed by atoms with van der Waals surface area (Å²) in [6.45, 7) is 2.87. The lowest BCUT2D eigenvalue weighted by molar-refractivity contribution is 0.267. The summed E-state index contributed by atoms with van der Waals surface area (Å²) in [5.41, 5.74) is 2.45. The molecule has 0 saturated heterocycles. The van der Waals surface area contributed by atoms with E-state index in [0.717, 1.165) is 16.8 Å². The molecule has 0 amide bonds. The van der Waals surface area contributed by atoms with E-state index in [0.29, 0.717) is 18.9 Å². The molecule has 2 aromatic carbocycles. The number of anilines is 1. The third-order valence-electron chi connectivity index (χ3n) is 3.01. The van der Waals surface area contributed by atoms with Gasteiger partial charge >= 0.3 is 0 Å². The molecule has 0 spiro atoms. The second-order valence-electron chi connectivity index (χ2n) is 4.52. The van der Waals surface area contributed by atoms with E-state index >= 15 is 0 Å². The van der Waals surface area contributed by atoms with Gasteiger partial charge in [-0.05, 0) is 42.8 Å². The summed E-state index contributed by atoms with van der Waals surface area (Å²) in [5, 5.41) is 12.7. The van der Waals surface area contributed by atoms with Crippen LogP contribution in [-0.2, 0) is 13.2 Å². The van der Waals surface area contributed by atoms with E-state index in [-0.39, 0.29) is 11.6 Å². The zero-order valence-corrected chi connectivity index (χ0v) is 12.5. The number of ether oxygens (including phenoxy) is 1. The first-order valence-electron chi connectivity index (χ1n) is 6.68. The monoisotopic (exact) mass is 309 g/mol. The molecule has 2 aromatic rings. The molecule has 0 fully saturated rings. The second-order valence-corrected chi connectivity index (χ2v) is 4.92. The highest BCUT2D eigenvalue weighted by molar-refractivity contribution is 6.30. The highest BCUT2D eigenvalue weighted by atomic mass is 35.5. The summed E-state index contributed by atoms with van der Waals surface area (Å²) in [4.78, 5) is 0. The number of halogens is 2. The normalized spacial score (nSPS) is 10.5. The highest BCUT2D eigenvalue weighted by Crippen LogP contribution is 2.24. The van der Waals surface area contributed by atoms with Gasteiger partial charge in [-0.2, -0.15) is 0 Å². The number of hydrogen-bond acceptors (Lipinski definition) is 3. The fourth-order valence-corrected chi connectivity index (χ4v) is 2.17. The number of nitrogens with one attached hydrogen (secondary N) is 1. The zero-order valence-electron chi connectivity index (χ0n) is 11.7. The van der Waals surface area contributed by atoms with E-state index in [2.05, 4.69) is 5.32 Å². The number of aliphatic hydroxyl groups is 1. The Morgan fingerprint density at radius 2 is 2.05 bits per heavy atom. The van der Waals surface area contributed by atoms with Gasteiger partial charge in [-0.15, -0.1) is 0 Å². The van der Waals surface area contributed by atoms with Crippen LogP contribution in [0.1, 0.15) is 18.1 Å². The van der Waals surface area contributed by atoms with Gasteiger partial charge in [0.05, 0.1) is 18.2 Å². The van der Waals surface area contributed by atoms with Crippen molar-refractivity contribution >= 4 is 17.3 Å². The van der Waals surface area contributed by atoms with Crippen LogP contribution in [0.4, 0.5) is 10.1 Å². The topological polar surface area (TPSA) is 41.5 Å². The maximum Gasteiger partial charge on any atom is 0.141 e. The van der Waals surface area contributed by atoms with Gasteiger partial charge in [0.1, 0.15) is 11.6 Å². The number of hydrogen-bond donors (Lipinski definition) is 2. The fraction of sp³-hybridized carbons (Fsp3) is 0.250. The van der Waals surface area contributed by atoms with Gasteiger partial charge in [-0.25, -0.2) is 4.39 Å². The average Bonchev–Trinajstić information content (AvgIpc) is 2.49. The summed E-state index contributed by atoms with van der Waals surface area (Å²) in [5.74, 6) is 0.249. The lowest BCUT2D eigenvalue weighted by atomic mass is 10.1. The van der Waals surface area contributed by atoms with Crippen LogP contribution in [0, 0.1) is 5.82 Å². The van der Waals surface area contributed by atoms with Crippen LogP contribution in [0.3, 0.4) is 0 Å². The van der Waals surface area contributed by atoms with Crippen molar-refractivity contribution in [1.82, 2.24) is 0 Å². The molecule has 0 bridgehead atoms. The van der Waals surface area contributed by atoms with E-state index in [4.69, 9.17) is 16.3 Å². The first-order chi connectivity index (χ1) is 10.1. The molecule has 0 saturated carbocycles. The van der Waals surface area contributed by atoms with Crippen LogP contribution in [0.15, 0.2) is 36.4 Å². The third kappa shape index (κ3) is 4.09. The molecule has 112 valence electrons. The predicted octanol–water partition coefficient (Wildman–Crippen LogP) is 3.98. The Labute approximate surface area is 128 Å². The Kier molecular flexibility index (Phi) is 5.42. The van der Waals surface area contributed by atoms with Crippen LogP contribution in [-0.4, -0.2) is 11.7 Å². The maximum absolute atomic E-state index is 13.1. The van der Waals surface area contributed by atoms with Crippen molar-refractivity contribution in [2.75, 3.05) is 11.9 Å². The number of rotatable bonds is 6. The van der Waals surface area contributed by atoms with Crippen molar-refractivity contribution in [3.63, 3.8) is 0 Å². The van der Waals surface area contributed by atoms with Gasteiger partial charge in [0, 0.05) is 17.8 Å². The van der Waals surface area contributed by atoms with Crippen molar-refractivity contribution in [2.45, 2.75) is 20.1 Å². The van der Waals surface area contributed by atoms with Gasteiger partial charge in [-0.1, -0.05) is 17.7 Å². The van der Waals surface area contributed by atoms with Crippen LogP contribution in [0.2, 0.25) is 5.02 Å². The van der Waals surface area contributed by atoms with Crippen LogP contribution in [0.5, 0.6) is 5.75 Å². The average molecular weight is 310 g/mol. The molecule has 21 heavy (non-hydrogen) atoms. The summed E-state index contributed by atoms with van der Waals surface area (Å²) in [6.07, 6.45) is 0. The van der Waals surface area contributed by atoms with Crippen molar-refractivity contribution in [3.05, 3.63) is 58.4 Å². The standard InChI is InChI=1S/C16H17ClFNO2/c1-2-21-16-6-4-13(8-12(16)10-20)19-9-11-3-5-15(18)14(17)7-11/h3-8,19-20H,2,9-10H2,1H3. The molecular formula is C16H17ClFNO2. The van der Waals surface area contributed by atoms with Crippen molar-refractivity contribution in [3.8, 4) is 5.75 Å². The Morgan fingerprint density at radius 3 is 2.71 bits per heavy atom. The van der Waals surface area contributed by atoms with Gasteiger partial charge in [0.25, 0.3) is 0 Å². The molecule has 0 atom stereocenters. The predicted molar refractivity (Wildman–Crippen MR) is 82.3 cm³/mol. The second kappa shape index (κ2) is 7.29. The molecular weight excluding hydrogens is 293 g/mol. The minimum atomic E-state index is -0.427. The largest absolute Gasteiger partial charge is 0.494 e. The molecule has 0 heterocycles. The molecule has 0 aliphatic carbocycles. The molecule has 5 heteroatoms. The van der Waals surface area contributed by atoms with Gasteiger partial charge < -0.3 is 15.2 Å². The van der Waals surface area contributed by atoms with Gasteiger partial charge in [-0.3, -0.25) is 0 Å².